The normalized spacial score (nSPS) is 10.0. The highest BCUT2D eigenvalue weighted by Crippen LogP contribution is 2.30. The van der Waals surface area contributed by atoms with Gasteiger partial charge in [0.1, 0.15) is 5.75 Å². The largest absolute Gasteiger partial charge is 0.507 e. The summed E-state index contributed by atoms with van der Waals surface area (Å²) in [5.41, 5.74) is 1.18. The van der Waals surface area contributed by atoms with Gasteiger partial charge in [0.25, 0.3) is 0 Å². The van der Waals surface area contributed by atoms with E-state index in [1.165, 1.54) is 5.56 Å². The lowest BCUT2D eigenvalue weighted by Crippen LogP contribution is -2.11. The van der Waals surface area contributed by atoms with E-state index in [-0.39, 0.29) is 17.0 Å². The first-order valence-corrected chi connectivity index (χ1v) is 5.37. The number of phenols is 1. The molecule has 0 spiro atoms. The molecule has 14 heavy (non-hydrogen) atoms. The standard InChI is InChI=1S/C10H15NOS.BrH/c1-11(2)7-8-5-4-6-9(12)10(8)13-3;/h4-6,12H,7H2,1-3H3;1H. The lowest BCUT2D eigenvalue weighted by Gasteiger charge is -2.13. The van der Waals surface area contributed by atoms with Crippen molar-refractivity contribution in [3.63, 3.8) is 0 Å². The molecule has 1 aromatic rings. The molecule has 0 heterocycles. The van der Waals surface area contributed by atoms with Gasteiger partial charge in [-0.15, -0.1) is 28.7 Å². The maximum Gasteiger partial charge on any atom is 0.129 e. The molecular weight excluding hydrogens is 262 g/mol. The molecule has 2 nitrogen and oxygen atoms in total. The smallest absolute Gasteiger partial charge is 0.129 e. The number of benzene rings is 1. The maximum absolute atomic E-state index is 9.56. The van der Waals surface area contributed by atoms with Gasteiger partial charge in [0, 0.05) is 6.54 Å². The summed E-state index contributed by atoms with van der Waals surface area (Å²) in [6, 6.07) is 5.66. The minimum atomic E-state index is 0. The van der Waals surface area contributed by atoms with Crippen LogP contribution in [0.4, 0.5) is 0 Å². The molecule has 0 bridgehead atoms. The summed E-state index contributed by atoms with van der Waals surface area (Å²) in [6.07, 6.45) is 1.98. The zero-order valence-corrected chi connectivity index (χ0v) is 11.2. The SMILES string of the molecule is Br.CSc1c(O)cccc1CN(C)C. The number of hydrogen-bond donors (Lipinski definition) is 1. The van der Waals surface area contributed by atoms with Crippen LogP contribution in [0.2, 0.25) is 0 Å². The number of aromatic hydroxyl groups is 1. The monoisotopic (exact) mass is 277 g/mol. The summed E-state index contributed by atoms with van der Waals surface area (Å²) in [5, 5.41) is 9.56. The number of thioether (sulfide) groups is 1. The number of phenolic OH excluding ortho intramolecular Hbond substituents is 1. The number of halogens is 1. The Hall–Kier alpha value is -0.190. The number of hydrogen-bond acceptors (Lipinski definition) is 3. The van der Waals surface area contributed by atoms with Gasteiger partial charge in [-0.05, 0) is 32.0 Å². The summed E-state index contributed by atoms with van der Waals surface area (Å²) >= 11 is 1.59. The predicted molar refractivity (Wildman–Crippen MR) is 67.6 cm³/mol. The zero-order chi connectivity index (χ0) is 9.84. The summed E-state index contributed by atoms with van der Waals surface area (Å²) < 4.78 is 0. The lowest BCUT2D eigenvalue weighted by atomic mass is 10.2. The van der Waals surface area contributed by atoms with E-state index < -0.39 is 0 Å². The highest BCUT2D eigenvalue weighted by molar-refractivity contribution is 8.93. The highest BCUT2D eigenvalue weighted by Gasteiger charge is 2.06. The first-order valence-electron chi connectivity index (χ1n) is 4.14. The van der Waals surface area contributed by atoms with E-state index in [2.05, 4.69) is 4.90 Å². The van der Waals surface area contributed by atoms with Gasteiger partial charge in [0.05, 0.1) is 4.90 Å². The molecule has 80 valence electrons. The minimum absolute atomic E-state index is 0. The molecule has 0 aromatic heterocycles. The third-order valence-electron chi connectivity index (χ3n) is 1.77. The average molecular weight is 278 g/mol. The molecule has 0 fully saturated rings. The van der Waals surface area contributed by atoms with Crippen LogP contribution in [0, 0.1) is 0 Å². The van der Waals surface area contributed by atoms with Crippen LogP contribution in [0.1, 0.15) is 5.56 Å². The molecule has 1 aromatic carbocycles. The molecule has 1 N–H and O–H groups in total. The molecule has 1 rings (SSSR count). The van der Waals surface area contributed by atoms with E-state index in [9.17, 15) is 5.11 Å². The molecule has 0 saturated heterocycles. The van der Waals surface area contributed by atoms with Gasteiger partial charge in [-0.25, -0.2) is 0 Å². The van der Waals surface area contributed by atoms with Crippen molar-refractivity contribution in [1.29, 1.82) is 0 Å². The molecular formula is C10H16BrNOS. The van der Waals surface area contributed by atoms with Crippen molar-refractivity contribution in [2.24, 2.45) is 0 Å². The van der Waals surface area contributed by atoms with Gasteiger partial charge in [-0.3, -0.25) is 0 Å². The maximum atomic E-state index is 9.56. The first-order chi connectivity index (χ1) is 6.15. The Morgan fingerprint density at radius 1 is 1.36 bits per heavy atom. The second-order valence-electron chi connectivity index (χ2n) is 3.21. The highest BCUT2D eigenvalue weighted by atomic mass is 79.9. The van der Waals surface area contributed by atoms with E-state index in [0.29, 0.717) is 5.75 Å². The Morgan fingerprint density at radius 2 is 2.00 bits per heavy atom. The fraction of sp³-hybridized carbons (Fsp3) is 0.400. The molecule has 0 radical (unpaired) electrons. The van der Waals surface area contributed by atoms with Crippen molar-refractivity contribution in [3.8, 4) is 5.75 Å². The topological polar surface area (TPSA) is 23.5 Å². The summed E-state index contributed by atoms with van der Waals surface area (Å²) in [7, 11) is 4.04. The van der Waals surface area contributed by atoms with Gasteiger partial charge >= 0.3 is 0 Å². The molecule has 0 aliphatic heterocycles. The van der Waals surface area contributed by atoms with Crippen molar-refractivity contribution in [3.05, 3.63) is 23.8 Å². The van der Waals surface area contributed by atoms with Crippen LogP contribution in [0.5, 0.6) is 5.75 Å². The lowest BCUT2D eigenvalue weighted by molar-refractivity contribution is 0.394. The Kier molecular flexibility index (Phi) is 6.24. The van der Waals surface area contributed by atoms with E-state index in [1.54, 1.807) is 17.8 Å². The van der Waals surface area contributed by atoms with E-state index in [0.717, 1.165) is 11.4 Å². The average Bonchev–Trinajstić information content (AvgIpc) is 2.03. The van der Waals surface area contributed by atoms with Gasteiger partial charge in [0.2, 0.25) is 0 Å². The Labute approximate surface area is 100 Å². The van der Waals surface area contributed by atoms with E-state index in [1.807, 2.05) is 32.5 Å². The number of nitrogens with zero attached hydrogens (tertiary/aromatic N) is 1. The molecule has 0 amide bonds. The van der Waals surface area contributed by atoms with Crippen molar-refractivity contribution >= 4 is 28.7 Å². The van der Waals surface area contributed by atoms with Gasteiger partial charge < -0.3 is 10.0 Å². The summed E-state index contributed by atoms with van der Waals surface area (Å²) in [5.74, 6) is 0.381. The van der Waals surface area contributed by atoms with Crippen LogP contribution in [0.3, 0.4) is 0 Å². The van der Waals surface area contributed by atoms with Gasteiger partial charge in [0.15, 0.2) is 0 Å². The fourth-order valence-electron chi connectivity index (χ4n) is 1.27. The third kappa shape index (κ3) is 3.52. The second-order valence-corrected chi connectivity index (χ2v) is 4.02. The molecule has 0 atom stereocenters. The van der Waals surface area contributed by atoms with Crippen LogP contribution in [0.25, 0.3) is 0 Å². The minimum Gasteiger partial charge on any atom is -0.507 e. The molecule has 0 aliphatic carbocycles. The molecule has 0 unspecified atom stereocenters. The van der Waals surface area contributed by atoms with E-state index >= 15 is 0 Å². The van der Waals surface area contributed by atoms with Gasteiger partial charge in [-0.2, -0.15) is 0 Å². The molecule has 4 heteroatoms. The van der Waals surface area contributed by atoms with Crippen molar-refractivity contribution in [1.82, 2.24) is 4.90 Å². The summed E-state index contributed by atoms with van der Waals surface area (Å²) in [6.45, 7) is 0.866. The Morgan fingerprint density at radius 3 is 2.50 bits per heavy atom. The Balaban J connectivity index is 0.00000169. The summed E-state index contributed by atoms with van der Waals surface area (Å²) in [4.78, 5) is 3.07. The van der Waals surface area contributed by atoms with Crippen LogP contribution < -0.4 is 0 Å². The third-order valence-corrected chi connectivity index (χ3v) is 2.65. The second kappa shape index (κ2) is 6.32. The number of rotatable bonds is 3. The van der Waals surface area contributed by atoms with Crippen LogP contribution in [-0.2, 0) is 6.54 Å². The van der Waals surface area contributed by atoms with Crippen LogP contribution in [0.15, 0.2) is 23.1 Å². The molecule has 0 aliphatic rings. The van der Waals surface area contributed by atoms with Crippen LogP contribution >= 0.6 is 28.7 Å². The van der Waals surface area contributed by atoms with Crippen LogP contribution in [-0.4, -0.2) is 30.4 Å². The van der Waals surface area contributed by atoms with Gasteiger partial charge in [-0.1, -0.05) is 12.1 Å². The van der Waals surface area contributed by atoms with Crippen molar-refractivity contribution in [2.45, 2.75) is 11.4 Å². The predicted octanol–water partition coefficient (Wildman–Crippen LogP) is 2.75. The van der Waals surface area contributed by atoms with Crippen molar-refractivity contribution in [2.75, 3.05) is 20.4 Å². The molecule has 0 saturated carbocycles. The fourth-order valence-corrected chi connectivity index (χ4v) is 1.94. The zero-order valence-electron chi connectivity index (χ0n) is 8.65. The van der Waals surface area contributed by atoms with E-state index in [4.69, 9.17) is 0 Å². The first kappa shape index (κ1) is 13.8. The van der Waals surface area contributed by atoms with Crippen molar-refractivity contribution < 1.29 is 5.11 Å². The Bertz CT molecular complexity index is 291. The quantitative estimate of drug-likeness (QED) is 0.860.